The van der Waals surface area contributed by atoms with Gasteiger partial charge in [0.05, 0.1) is 11.4 Å². The third kappa shape index (κ3) is 3.87. The molecule has 3 aromatic rings. The van der Waals surface area contributed by atoms with E-state index >= 15 is 0 Å². The Morgan fingerprint density at radius 2 is 1.55 bits per heavy atom. The van der Waals surface area contributed by atoms with E-state index < -0.39 is 18.2 Å². The first kappa shape index (κ1) is 18.4. The quantitative estimate of drug-likeness (QED) is 0.717. The second-order valence-electron chi connectivity index (χ2n) is 6.59. The molecule has 2 atom stereocenters. The van der Waals surface area contributed by atoms with E-state index in [1.54, 1.807) is 24.3 Å². The summed E-state index contributed by atoms with van der Waals surface area (Å²) in [6, 6.07) is 25.0. The lowest BCUT2D eigenvalue weighted by molar-refractivity contribution is -0.119. The molecule has 144 valence electrons. The highest BCUT2D eigenvalue weighted by molar-refractivity contribution is 6.19. The summed E-state index contributed by atoms with van der Waals surface area (Å²) < 4.78 is 5.36. The minimum atomic E-state index is -1.01. The molecule has 0 saturated carbocycles. The molecule has 6 nitrogen and oxygen atoms in total. The number of benzodiazepines with no additional fused rings is 1. The van der Waals surface area contributed by atoms with E-state index in [2.05, 4.69) is 5.32 Å². The first-order valence-corrected chi connectivity index (χ1v) is 9.18. The summed E-state index contributed by atoms with van der Waals surface area (Å²) in [7, 11) is 0. The third-order valence-electron chi connectivity index (χ3n) is 4.68. The SMILES string of the molecule is NC(=O)OC(c1ccccc1)C1N=C(c2ccccc2)c2ccccc2NC1=O. The van der Waals surface area contributed by atoms with E-state index in [-0.39, 0.29) is 5.91 Å². The van der Waals surface area contributed by atoms with Crippen LogP contribution in [0.4, 0.5) is 10.5 Å². The van der Waals surface area contributed by atoms with Crippen LogP contribution < -0.4 is 11.1 Å². The molecular weight excluding hydrogens is 366 g/mol. The fourth-order valence-corrected chi connectivity index (χ4v) is 3.39. The minimum Gasteiger partial charge on any atom is -0.439 e. The highest BCUT2D eigenvalue weighted by Gasteiger charge is 2.35. The lowest BCUT2D eigenvalue weighted by atomic mass is 9.99. The van der Waals surface area contributed by atoms with Gasteiger partial charge in [-0.15, -0.1) is 0 Å². The summed E-state index contributed by atoms with van der Waals surface area (Å²) >= 11 is 0. The van der Waals surface area contributed by atoms with E-state index in [1.807, 2.05) is 60.7 Å². The number of rotatable bonds is 4. The Balaban J connectivity index is 1.88. The summed E-state index contributed by atoms with van der Waals surface area (Å²) in [5, 5.41) is 2.91. The number of benzene rings is 3. The molecule has 2 amide bonds. The number of aliphatic imine (C=N–C) groups is 1. The van der Waals surface area contributed by atoms with Crippen molar-refractivity contribution in [3.8, 4) is 0 Å². The topological polar surface area (TPSA) is 93.8 Å². The van der Waals surface area contributed by atoms with E-state index in [1.165, 1.54) is 0 Å². The summed E-state index contributed by atoms with van der Waals surface area (Å²) in [6.07, 6.45) is -1.92. The molecule has 0 spiro atoms. The smallest absolute Gasteiger partial charge is 0.405 e. The van der Waals surface area contributed by atoms with E-state index in [0.29, 0.717) is 17.0 Å². The van der Waals surface area contributed by atoms with Gasteiger partial charge in [-0.2, -0.15) is 0 Å². The molecular formula is C23H19N3O3. The van der Waals surface area contributed by atoms with Crippen molar-refractivity contribution in [2.45, 2.75) is 12.1 Å². The lowest BCUT2D eigenvalue weighted by Crippen LogP contribution is -2.35. The molecule has 0 aromatic heterocycles. The molecule has 2 unspecified atom stereocenters. The van der Waals surface area contributed by atoms with Crippen LogP contribution in [-0.2, 0) is 9.53 Å². The zero-order valence-electron chi connectivity index (χ0n) is 15.5. The second kappa shape index (κ2) is 7.98. The first-order chi connectivity index (χ1) is 14.1. The molecule has 0 radical (unpaired) electrons. The van der Waals surface area contributed by atoms with Crippen molar-refractivity contribution < 1.29 is 14.3 Å². The zero-order valence-corrected chi connectivity index (χ0v) is 15.5. The van der Waals surface area contributed by atoms with E-state index in [9.17, 15) is 9.59 Å². The fourth-order valence-electron chi connectivity index (χ4n) is 3.39. The molecule has 29 heavy (non-hydrogen) atoms. The van der Waals surface area contributed by atoms with Gasteiger partial charge in [-0.05, 0) is 11.6 Å². The Morgan fingerprint density at radius 1 is 0.931 bits per heavy atom. The Labute approximate surface area is 168 Å². The predicted octanol–water partition coefficient (Wildman–Crippen LogP) is 3.68. The average Bonchev–Trinajstić information content (AvgIpc) is 2.89. The summed E-state index contributed by atoms with van der Waals surface area (Å²) in [5.74, 6) is -0.376. The van der Waals surface area contributed by atoms with Gasteiger partial charge in [-0.1, -0.05) is 78.9 Å². The maximum Gasteiger partial charge on any atom is 0.405 e. The molecule has 0 saturated heterocycles. The van der Waals surface area contributed by atoms with Crippen LogP contribution in [0.5, 0.6) is 0 Å². The van der Waals surface area contributed by atoms with Crippen LogP contribution in [0.2, 0.25) is 0 Å². The van der Waals surface area contributed by atoms with Gasteiger partial charge in [0.2, 0.25) is 0 Å². The number of nitrogens with two attached hydrogens (primary N) is 1. The van der Waals surface area contributed by atoms with Gasteiger partial charge >= 0.3 is 6.09 Å². The number of nitrogens with one attached hydrogen (secondary N) is 1. The largest absolute Gasteiger partial charge is 0.439 e. The summed E-state index contributed by atoms with van der Waals surface area (Å²) in [4.78, 5) is 29.5. The number of para-hydroxylation sites is 1. The molecule has 0 bridgehead atoms. The molecule has 1 aliphatic rings. The van der Waals surface area contributed by atoms with Crippen molar-refractivity contribution in [2.75, 3.05) is 5.32 Å². The Morgan fingerprint density at radius 3 is 2.24 bits per heavy atom. The van der Waals surface area contributed by atoms with E-state index in [0.717, 1.165) is 11.1 Å². The number of hydrogen-bond acceptors (Lipinski definition) is 4. The van der Waals surface area contributed by atoms with Crippen LogP contribution in [0.1, 0.15) is 22.8 Å². The van der Waals surface area contributed by atoms with E-state index in [4.69, 9.17) is 15.5 Å². The van der Waals surface area contributed by atoms with Gasteiger partial charge < -0.3 is 15.8 Å². The Bertz CT molecular complexity index is 1060. The van der Waals surface area contributed by atoms with Crippen LogP contribution in [0.15, 0.2) is 89.9 Å². The number of carbonyl (C=O) groups is 2. The minimum absolute atomic E-state index is 0.376. The van der Waals surface area contributed by atoms with Crippen molar-refractivity contribution in [3.63, 3.8) is 0 Å². The molecule has 4 rings (SSSR count). The average molecular weight is 385 g/mol. The van der Waals surface area contributed by atoms with Crippen molar-refractivity contribution >= 4 is 23.4 Å². The standard InChI is InChI=1S/C23H19N3O3/c24-23(28)29-21(16-11-5-2-6-12-16)20-22(27)25-18-14-8-7-13-17(18)19(26-20)15-9-3-1-4-10-15/h1-14,20-21H,(H2,24,28)(H,25,27). The summed E-state index contributed by atoms with van der Waals surface area (Å²) in [6.45, 7) is 0. The molecule has 3 aromatic carbocycles. The molecule has 1 heterocycles. The molecule has 6 heteroatoms. The van der Waals surface area contributed by atoms with Crippen molar-refractivity contribution in [1.82, 2.24) is 0 Å². The van der Waals surface area contributed by atoms with Crippen LogP contribution in [-0.4, -0.2) is 23.8 Å². The van der Waals surface area contributed by atoms with Crippen LogP contribution in [0.25, 0.3) is 0 Å². The number of amides is 2. The van der Waals surface area contributed by atoms with Gasteiger partial charge in [-0.3, -0.25) is 9.79 Å². The number of hydrogen-bond donors (Lipinski definition) is 2. The van der Waals surface area contributed by atoms with Crippen molar-refractivity contribution in [2.24, 2.45) is 10.7 Å². The first-order valence-electron chi connectivity index (χ1n) is 9.18. The lowest BCUT2D eigenvalue weighted by Gasteiger charge is -2.22. The number of primary amides is 1. The van der Waals surface area contributed by atoms with Gasteiger partial charge in [-0.25, -0.2) is 4.79 Å². The van der Waals surface area contributed by atoms with Gasteiger partial charge in [0.15, 0.2) is 12.1 Å². The van der Waals surface area contributed by atoms with Crippen molar-refractivity contribution in [1.29, 1.82) is 0 Å². The molecule has 0 aliphatic carbocycles. The van der Waals surface area contributed by atoms with Crippen LogP contribution in [0.3, 0.4) is 0 Å². The van der Waals surface area contributed by atoms with Crippen LogP contribution in [0, 0.1) is 0 Å². The highest BCUT2D eigenvalue weighted by atomic mass is 16.6. The van der Waals surface area contributed by atoms with Gasteiger partial charge in [0.1, 0.15) is 0 Å². The molecule has 3 N–H and O–H groups in total. The van der Waals surface area contributed by atoms with Crippen molar-refractivity contribution in [3.05, 3.63) is 102 Å². The molecule has 0 fully saturated rings. The monoisotopic (exact) mass is 385 g/mol. The Hall–Kier alpha value is -3.93. The number of nitrogens with zero attached hydrogens (tertiary/aromatic N) is 1. The normalized spacial score (nSPS) is 16.6. The Kier molecular flexibility index (Phi) is 5.07. The third-order valence-corrected chi connectivity index (χ3v) is 4.68. The fraction of sp³-hybridized carbons (Fsp3) is 0.0870. The maximum absolute atomic E-state index is 13.1. The number of anilines is 1. The zero-order chi connectivity index (χ0) is 20.2. The number of carbonyl (C=O) groups excluding carboxylic acids is 2. The number of ether oxygens (including phenoxy) is 1. The summed E-state index contributed by atoms with van der Waals surface area (Å²) in [5.41, 5.74) is 8.87. The predicted molar refractivity (Wildman–Crippen MR) is 111 cm³/mol. The van der Waals surface area contributed by atoms with Gasteiger partial charge in [0.25, 0.3) is 5.91 Å². The molecule has 1 aliphatic heterocycles. The van der Waals surface area contributed by atoms with Gasteiger partial charge in [0, 0.05) is 11.1 Å². The maximum atomic E-state index is 13.1. The highest BCUT2D eigenvalue weighted by Crippen LogP contribution is 2.30. The number of fused-ring (bicyclic) bond motifs is 1. The second-order valence-corrected chi connectivity index (χ2v) is 6.59. The van der Waals surface area contributed by atoms with Crippen LogP contribution >= 0.6 is 0 Å².